The molecule has 0 aliphatic carbocycles. The molecule has 0 unspecified atom stereocenters. The number of hydrogen-bond acceptors (Lipinski definition) is 4. The summed E-state index contributed by atoms with van der Waals surface area (Å²) in [5.41, 5.74) is 13.0. The van der Waals surface area contributed by atoms with Crippen LogP contribution in [0.5, 0.6) is 0 Å². The molecule has 0 atom stereocenters. The van der Waals surface area contributed by atoms with Crippen molar-refractivity contribution in [2.24, 2.45) is 5.73 Å². The molecule has 0 fully saturated rings. The van der Waals surface area contributed by atoms with Crippen molar-refractivity contribution in [3.05, 3.63) is 23.8 Å². The molecule has 2 amide bonds. The van der Waals surface area contributed by atoms with Gasteiger partial charge in [0.2, 0.25) is 11.8 Å². The number of nitrogens with two attached hydrogens (primary N) is 2. The summed E-state index contributed by atoms with van der Waals surface area (Å²) in [4.78, 5) is 24.2. The summed E-state index contributed by atoms with van der Waals surface area (Å²) in [6.07, 6.45) is 0.290. The van der Waals surface area contributed by atoms with Crippen LogP contribution in [0, 0.1) is 6.92 Å². The lowest BCUT2D eigenvalue weighted by molar-refractivity contribution is -0.120. The maximum absolute atomic E-state index is 11.8. The van der Waals surface area contributed by atoms with Crippen LogP contribution < -0.4 is 16.8 Å². The number of aryl methyl sites for hydroxylation is 1. The van der Waals surface area contributed by atoms with Gasteiger partial charge in [0.25, 0.3) is 0 Å². The van der Waals surface area contributed by atoms with Gasteiger partial charge in [-0.25, -0.2) is 0 Å². The number of anilines is 2. The lowest BCUT2D eigenvalue weighted by atomic mass is 10.2. The van der Waals surface area contributed by atoms with E-state index < -0.39 is 5.91 Å². The van der Waals surface area contributed by atoms with E-state index in [9.17, 15) is 9.59 Å². The number of hydrogen-bond donors (Lipinski definition) is 3. The Morgan fingerprint density at radius 2 is 2.05 bits per heavy atom. The van der Waals surface area contributed by atoms with Crippen molar-refractivity contribution in [2.75, 3.05) is 31.2 Å². The normalized spacial score (nSPS) is 10.5. The SMILES string of the molecule is Cc1ccc(N)cc1NC(=O)CCN(C)CC(N)=O. The minimum absolute atomic E-state index is 0.120. The zero-order chi connectivity index (χ0) is 14.4. The van der Waals surface area contributed by atoms with E-state index >= 15 is 0 Å². The molecule has 0 saturated carbocycles. The molecule has 0 radical (unpaired) electrons. The number of nitrogens with one attached hydrogen (secondary N) is 1. The Kier molecular flexibility index (Phi) is 5.32. The number of likely N-dealkylation sites (N-methyl/N-ethyl adjacent to an activating group) is 1. The minimum Gasteiger partial charge on any atom is -0.399 e. The van der Waals surface area contributed by atoms with Crippen molar-refractivity contribution in [3.8, 4) is 0 Å². The second-order valence-electron chi connectivity index (χ2n) is 4.58. The number of benzene rings is 1. The first-order valence-electron chi connectivity index (χ1n) is 6.01. The van der Waals surface area contributed by atoms with Crippen molar-refractivity contribution >= 4 is 23.2 Å². The monoisotopic (exact) mass is 264 g/mol. The van der Waals surface area contributed by atoms with E-state index in [2.05, 4.69) is 5.32 Å². The summed E-state index contributed by atoms with van der Waals surface area (Å²) < 4.78 is 0. The third-order valence-corrected chi connectivity index (χ3v) is 2.68. The van der Waals surface area contributed by atoms with Gasteiger partial charge in [-0.05, 0) is 31.7 Å². The third kappa shape index (κ3) is 5.39. The zero-order valence-corrected chi connectivity index (χ0v) is 11.3. The average Bonchev–Trinajstić information content (AvgIpc) is 2.30. The van der Waals surface area contributed by atoms with Crippen molar-refractivity contribution in [2.45, 2.75) is 13.3 Å². The van der Waals surface area contributed by atoms with Gasteiger partial charge in [0.1, 0.15) is 0 Å². The number of rotatable bonds is 6. The second kappa shape index (κ2) is 6.75. The smallest absolute Gasteiger partial charge is 0.231 e. The van der Waals surface area contributed by atoms with E-state index in [4.69, 9.17) is 11.5 Å². The van der Waals surface area contributed by atoms with Gasteiger partial charge in [-0.15, -0.1) is 0 Å². The highest BCUT2D eigenvalue weighted by Crippen LogP contribution is 2.18. The van der Waals surface area contributed by atoms with Crippen molar-refractivity contribution in [1.29, 1.82) is 0 Å². The molecule has 0 bridgehead atoms. The molecule has 104 valence electrons. The standard InChI is InChI=1S/C13H20N4O2/c1-9-3-4-10(14)7-11(9)16-13(19)5-6-17(2)8-12(15)18/h3-4,7H,5-6,8,14H2,1-2H3,(H2,15,18)(H,16,19). The lowest BCUT2D eigenvalue weighted by Crippen LogP contribution is -2.32. The number of carbonyl (C=O) groups excluding carboxylic acids is 2. The van der Waals surface area contributed by atoms with Crippen LogP contribution >= 0.6 is 0 Å². The van der Waals surface area contributed by atoms with Crippen LogP contribution in [0.15, 0.2) is 18.2 Å². The van der Waals surface area contributed by atoms with Crippen LogP contribution in [0.2, 0.25) is 0 Å². The Hall–Kier alpha value is -2.08. The second-order valence-corrected chi connectivity index (χ2v) is 4.58. The van der Waals surface area contributed by atoms with Crippen molar-refractivity contribution < 1.29 is 9.59 Å². The molecule has 0 heterocycles. The van der Waals surface area contributed by atoms with Crippen LogP contribution in [0.4, 0.5) is 11.4 Å². The van der Waals surface area contributed by atoms with Gasteiger partial charge >= 0.3 is 0 Å². The molecule has 6 heteroatoms. The lowest BCUT2D eigenvalue weighted by Gasteiger charge is -2.14. The van der Waals surface area contributed by atoms with Crippen LogP contribution in [0.3, 0.4) is 0 Å². The molecule has 1 aromatic carbocycles. The maximum atomic E-state index is 11.8. The quantitative estimate of drug-likeness (QED) is 0.644. The topological polar surface area (TPSA) is 101 Å². The minimum atomic E-state index is -0.408. The molecule has 0 spiro atoms. The summed E-state index contributed by atoms with van der Waals surface area (Å²) in [6, 6.07) is 5.36. The number of nitrogen functional groups attached to an aromatic ring is 1. The first kappa shape index (κ1) is 15.0. The van der Waals surface area contributed by atoms with Gasteiger partial charge in [-0.1, -0.05) is 6.07 Å². The first-order valence-corrected chi connectivity index (χ1v) is 6.01. The van der Waals surface area contributed by atoms with Gasteiger partial charge in [0.15, 0.2) is 0 Å². The molecule has 0 aliphatic heterocycles. The molecule has 0 aliphatic rings. The number of amides is 2. The predicted octanol–water partition coefficient (Wildman–Crippen LogP) is 0.323. The largest absolute Gasteiger partial charge is 0.399 e. The van der Waals surface area contributed by atoms with E-state index in [0.29, 0.717) is 17.9 Å². The number of carbonyl (C=O) groups is 2. The van der Waals surface area contributed by atoms with Gasteiger partial charge in [-0.2, -0.15) is 0 Å². The van der Waals surface area contributed by atoms with Gasteiger partial charge < -0.3 is 16.8 Å². The Balaban J connectivity index is 2.47. The molecular formula is C13H20N4O2. The zero-order valence-electron chi connectivity index (χ0n) is 11.3. The van der Waals surface area contributed by atoms with E-state index in [0.717, 1.165) is 5.56 Å². The third-order valence-electron chi connectivity index (χ3n) is 2.68. The summed E-state index contributed by atoms with van der Waals surface area (Å²) in [5, 5.41) is 2.80. The summed E-state index contributed by atoms with van der Waals surface area (Å²) >= 11 is 0. The maximum Gasteiger partial charge on any atom is 0.231 e. The molecule has 19 heavy (non-hydrogen) atoms. The Bertz CT molecular complexity index is 474. The molecule has 0 saturated heterocycles. The highest BCUT2D eigenvalue weighted by Gasteiger charge is 2.08. The number of primary amides is 1. The predicted molar refractivity (Wildman–Crippen MR) is 75.5 cm³/mol. The Morgan fingerprint density at radius 3 is 2.68 bits per heavy atom. The fourth-order valence-electron chi connectivity index (χ4n) is 1.62. The first-order chi connectivity index (χ1) is 8.88. The fourth-order valence-corrected chi connectivity index (χ4v) is 1.62. The summed E-state index contributed by atoms with van der Waals surface area (Å²) in [5.74, 6) is -0.528. The molecule has 0 aromatic heterocycles. The van der Waals surface area contributed by atoms with E-state index in [1.54, 1.807) is 24.1 Å². The fraction of sp³-hybridized carbons (Fsp3) is 0.385. The molecule has 6 nitrogen and oxygen atoms in total. The molecule has 1 rings (SSSR count). The highest BCUT2D eigenvalue weighted by molar-refractivity contribution is 5.92. The molecule has 1 aromatic rings. The Morgan fingerprint density at radius 1 is 1.37 bits per heavy atom. The Labute approximate surface area is 112 Å². The van der Waals surface area contributed by atoms with Crippen molar-refractivity contribution in [1.82, 2.24) is 4.90 Å². The number of nitrogens with zero attached hydrogens (tertiary/aromatic N) is 1. The van der Waals surface area contributed by atoms with Crippen LogP contribution in [0.1, 0.15) is 12.0 Å². The molecular weight excluding hydrogens is 244 g/mol. The van der Waals surface area contributed by atoms with Crippen LogP contribution in [-0.2, 0) is 9.59 Å². The van der Waals surface area contributed by atoms with E-state index in [1.165, 1.54) is 0 Å². The van der Waals surface area contributed by atoms with Crippen LogP contribution in [0.25, 0.3) is 0 Å². The average molecular weight is 264 g/mol. The van der Waals surface area contributed by atoms with Gasteiger partial charge in [0, 0.05) is 24.3 Å². The summed E-state index contributed by atoms with van der Waals surface area (Å²) in [7, 11) is 1.74. The highest BCUT2D eigenvalue weighted by atomic mass is 16.2. The van der Waals surface area contributed by atoms with Gasteiger partial charge in [-0.3, -0.25) is 14.5 Å². The van der Waals surface area contributed by atoms with E-state index in [-0.39, 0.29) is 18.9 Å². The van der Waals surface area contributed by atoms with Crippen LogP contribution in [-0.4, -0.2) is 36.9 Å². The van der Waals surface area contributed by atoms with Gasteiger partial charge in [0.05, 0.1) is 6.54 Å². The van der Waals surface area contributed by atoms with Crippen molar-refractivity contribution in [3.63, 3.8) is 0 Å². The molecule has 5 N–H and O–H groups in total. The van der Waals surface area contributed by atoms with E-state index in [1.807, 2.05) is 13.0 Å². The summed E-state index contributed by atoms with van der Waals surface area (Å²) in [6.45, 7) is 2.51.